The summed E-state index contributed by atoms with van der Waals surface area (Å²) in [7, 11) is 0. The third-order valence-electron chi connectivity index (χ3n) is 3.68. The third kappa shape index (κ3) is 6.04. The van der Waals surface area contributed by atoms with Crippen LogP contribution in [0.25, 0.3) is 0 Å². The van der Waals surface area contributed by atoms with Crippen molar-refractivity contribution in [3.05, 3.63) is 12.2 Å². The van der Waals surface area contributed by atoms with Crippen LogP contribution >= 0.6 is 0 Å². The van der Waals surface area contributed by atoms with Crippen molar-refractivity contribution in [1.82, 2.24) is 0 Å². The van der Waals surface area contributed by atoms with E-state index in [4.69, 9.17) is 24.1 Å². The van der Waals surface area contributed by atoms with Gasteiger partial charge in [-0.1, -0.05) is 12.2 Å². The van der Waals surface area contributed by atoms with Crippen molar-refractivity contribution in [2.75, 3.05) is 13.2 Å². The van der Waals surface area contributed by atoms with Gasteiger partial charge in [0.25, 0.3) is 0 Å². The molecule has 0 aromatic heterocycles. The zero-order valence-electron chi connectivity index (χ0n) is 13.3. The van der Waals surface area contributed by atoms with Crippen molar-refractivity contribution >= 4 is 5.97 Å². The van der Waals surface area contributed by atoms with Crippen molar-refractivity contribution in [2.45, 2.75) is 70.2 Å². The number of ether oxygens (including phenoxy) is 4. The average molecular weight is 314 g/mol. The van der Waals surface area contributed by atoms with Gasteiger partial charge in [-0.05, 0) is 39.5 Å². The van der Waals surface area contributed by atoms with E-state index >= 15 is 0 Å². The van der Waals surface area contributed by atoms with Crippen molar-refractivity contribution < 1.29 is 28.8 Å². The van der Waals surface area contributed by atoms with Gasteiger partial charge in [-0.3, -0.25) is 4.79 Å². The van der Waals surface area contributed by atoms with Crippen LogP contribution in [0.4, 0.5) is 0 Å². The smallest absolute Gasteiger partial charge is 0.303 e. The summed E-state index contributed by atoms with van der Waals surface area (Å²) in [5, 5.41) is 8.86. The minimum absolute atomic E-state index is 0.0647. The van der Waals surface area contributed by atoms with Gasteiger partial charge < -0.3 is 24.1 Å². The minimum atomic E-state index is -0.826. The molecule has 126 valence electrons. The third-order valence-corrected chi connectivity index (χ3v) is 3.68. The van der Waals surface area contributed by atoms with Crippen LogP contribution in [0.3, 0.4) is 0 Å². The zero-order chi connectivity index (χ0) is 16.0. The maximum absolute atomic E-state index is 10.8. The molecule has 0 aliphatic carbocycles. The highest BCUT2D eigenvalue weighted by molar-refractivity contribution is 5.66. The summed E-state index contributed by atoms with van der Waals surface area (Å²) in [4.78, 5) is 10.8. The Morgan fingerprint density at radius 1 is 1.45 bits per heavy atom. The maximum atomic E-state index is 10.8. The number of carboxylic acids is 1. The van der Waals surface area contributed by atoms with E-state index in [1.807, 2.05) is 26.0 Å². The monoisotopic (exact) mass is 314 g/mol. The first-order chi connectivity index (χ1) is 10.4. The first-order valence-electron chi connectivity index (χ1n) is 7.93. The van der Waals surface area contributed by atoms with Crippen molar-refractivity contribution in [3.8, 4) is 0 Å². The molecule has 2 rings (SSSR count). The molecule has 0 spiro atoms. The Balaban J connectivity index is 1.87. The Morgan fingerprint density at radius 3 is 2.86 bits per heavy atom. The number of aliphatic carboxylic acids is 1. The van der Waals surface area contributed by atoms with Crippen LogP contribution in [0.5, 0.6) is 0 Å². The molecule has 22 heavy (non-hydrogen) atoms. The SMILES string of the molecule is CC1(C)OCC(/C=C/C(CCC(=O)O)OC2CCCCO2)O1. The van der Waals surface area contributed by atoms with E-state index in [0.717, 1.165) is 19.3 Å². The fraction of sp³-hybridized carbons (Fsp3) is 0.812. The molecule has 0 bridgehead atoms. The van der Waals surface area contributed by atoms with E-state index < -0.39 is 11.8 Å². The van der Waals surface area contributed by atoms with E-state index in [9.17, 15) is 4.79 Å². The van der Waals surface area contributed by atoms with Gasteiger partial charge in [0.2, 0.25) is 0 Å². The molecular weight excluding hydrogens is 288 g/mol. The summed E-state index contributed by atoms with van der Waals surface area (Å²) in [6.07, 6.45) is 6.58. The van der Waals surface area contributed by atoms with Crippen molar-refractivity contribution in [3.63, 3.8) is 0 Å². The molecular formula is C16H26O6. The molecule has 2 aliphatic rings. The molecule has 0 amide bonds. The second-order valence-electron chi connectivity index (χ2n) is 6.16. The number of hydrogen-bond donors (Lipinski definition) is 1. The van der Waals surface area contributed by atoms with Crippen LogP contribution in [0, 0.1) is 0 Å². The van der Waals surface area contributed by atoms with Crippen molar-refractivity contribution in [1.29, 1.82) is 0 Å². The van der Waals surface area contributed by atoms with E-state index in [0.29, 0.717) is 19.6 Å². The first kappa shape index (κ1) is 17.4. The Kier molecular flexibility index (Phi) is 6.37. The molecule has 0 radical (unpaired) electrons. The van der Waals surface area contributed by atoms with Crippen LogP contribution in [0.1, 0.15) is 46.0 Å². The Morgan fingerprint density at radius 2 is 2.27 bits per heavy atom. The molecule has 2 saturated heterocycles. The zero-order valence-corrected chi connectivity index (χ0v) is 13.3. The highest BCUT2D eigenvalue weighted by atomic mass is 16.7. The number of carboxylic acid groups (broad SMARTS) is 1. The summed E-state index contributed by atoms with van der Waals surface area (Å²) in [5.74, 6) is -1.40. The lowest BCUT2D eigenvalue weighted by Gasteiger charge is -2.26. The standard InChI is InChI=1S/C16H26O6/c1-16(2)20-11-13(22-16)7-6-12(8-9-14(17)18)21-15-5-3-4-10-19-15/h6-7,12-13,15H,3-5,8-11H2,1-2H3,(H,17,18)/b7-6+. The summed E-state index contributed by atoms with van der Waals surface area (Å²) >= 11 is 0. The normalized spacial score (nSPS) is 29.7. The van der Waals surface area contributed by atoms with Crippen molar-refractivity contribution in [2.24, 2.45) is 0 Å². The van der Waals surface area contributed by atoms with E-state index in [2.05, 4.69) is 0 Å². The second-order valence-corrected chi connectivity index (χ2v) is 6.16. The van der Waals surface area contributed by atoms with Crippen LogP contribution < -0.4 is 0 Å². The van der Waals surface area contributed by atoms with E-state index in [-0.39, 0.29) is 24.9 Å². The quantitative estimate of drug-likeness (QED) is 0.728. The van der Waals surface area contributed by atoms with Gasteiger partial charge in [-0.2, -0.15) is 0 Å². The van der Waals surface area contributed by atoms with Gasteiger partial charge >= 0.3 is 5.97 Å². The predicted octanol–water partition coefficient (Wildman–Crippen LogP) is 2.47. The number of rotatable bonds is 7. The van der Waals surface area contributed by atoms with E-state index in [1.54, 1.807) is 0 Å². The fourth-order valence-electron chi connectivity index (χ4n) is 2.55. The molecule has 6 heteroatoms. The summed E-state index contributed by atoms with van der Waals surface area (Å²) in [5.41, 5.74) is 0. The first-order valence-corrected chi connectivity index (χ1v) is 7.93. The summed E-state index contributed by atoms with van der Waals surface area (Å²) in [6.45, 7) is 4.94. The minimum Gasteiger partial charge on any atom is -0.481 e. The fourth-order valence-corrected chi connectivity index (χ4v) is 2.55. The Hall–Kier alpha value is -0.950. The van der Waals surface area contributed by atoms with Gasteiger partial charge in [0, 0.05) is 13.0 Å². The molecule has 3 unspecified atom stereocenters. The molecule has 0 aromatic rings. The molecule has 0 aromatic carbocycles. The van der Waals surface area contributed by atoms with Crippen LogP contribution in [0.2, 0.25) is 0 Å². The van der Waals surface area contributed by atoms with Crippen LogP contribution in [-0.4, -0.2) is 48.6 Å². The topological polar surface area (TPSA) is 74.2 Å². The molecule has 6 nitrogen and oxygen atoms in total. The lowest BCUT2D eigenvalue weighted by Crippen LogP contribution is -2.27. The van der Waals surface area contributed by atoms with Crippen LogP contribution in [-0.2, 0) is 23.7 Å². The molecule has 2 fully saturated rings. The van der Waals surface area contributed by atoms with Gasteiger partial charge in [0.15, 0.2) is 12.1 Å². The lowest BCUT2D eigenvalue weighted by molar-refractivity contribution is -0.180. The highest BCUT2D eigenvalue weighted by Gasteiger charge is 2.31. The predicted molar refractivity (Wildman–Crippen MR) is 79.4 cm³/mol. The van der Waals surface area contributed by atoms with Gasteiger partial charge in [-0.25, -0.2) is 0 Å². The second kappa shape index (κ2) is 8.06. The number of hydrogen-bond acceptors (Lipinski definition) is 5. The average Bonchev–Trinajstić information content (AvgIpc) is 2.82. The molecule has 2 heterocycles. The van der Waals surface area contributed by atoms with Gasteiger partial charge in [0.1, 0.15) is 6.10 Å². The molecule has 0 saturated carbocycles. The maximum Gasteiger partial charge on any atom is 0.303 e. The largest absolute Gasteiger partial charge is 0.481 e. The van der Waals surface area contributed by atoms with Gasteiger partial charge in [-0.15, -0.1) is 0 Å². The Bertz CT molecular complexity index is 386. The molecule has 2 aliphatic heterocycles. The van der Waals surface area contributed by atoms with Gasteiger partial charge in [0.05, 0.1) is 12.7 Å². The summed E-state index contributed by atoms with van der Waals surface area (Å²) < 4.78 is 22.6. The van der Waals surface area contributed by atoms with E-state index in [1.165, 1.54) is 0 Å². The highest BCUT2D eigenvalue weighted by Crippen LogP contribution is 2.24. The lowest BCUT2D eigenvalue weighted by atomic mass is 10.1. The van der Waals surface area contributed by atoms with Crippen LogP contribution in [0.15, 0.2) is 12.2 Å². The number of carbonyl (C=O) groups is 1. The Labute approximate surface area is 131 Å². The molecule has 3 atom stereocenters. The molecule has 1 N–H and O–H groups in total. The summed E-state index contributed by atoms with van der Waals surface area (Å²) in [6, 6.07) is 0.